The highest BCUT2D eigenvalue weighted by molar-refractivity contribution is 6.30. The number of carbonyl (C=O) groups excluding carboxylic acids is 1. The molecular weight excluding hydrogens is 295 g/mol. The van der Waals surface area contributed by atoms with Gasteiger partial charge in [-0.25, -0.2) is 9.18 Å². The Labute approximate surface area is 127 Å². The van der Waals surface area contributed by atoms with Crippen LogP contribution < -0.4 is 5.73 Å². The van der Waals surface area contributed by atoms with E-state index in [0.717, 1.165) is 0 Å². The molecule has 0 saturated heterocycles. The van der Waals surface area contributed by atoms with Gasteiger partial charge in [-0.15, -0.1) is 0 Å². The fourth-order valence-electron chi connectivity index (χ4n) is 1.96. The lowest BCUT2D eigenvalue weighted by Gasteiger charge is -2.12. The Bertz CT molecular complexity index is 668. The van der Waals surface area contributed by atoms with Crippen LogP contribution in [0.25, 0.3) is 0 Å². The number of carbonyl (C=O) groups is 1. The number of aromatic nitrogens is 1. The van der Waals surface area contributed by atoms with Crippen molar-refractivity contribution in [1.82, 2.24) is 4.57 Å². The fourth-order valence-corrected chi connectivity index (χ4v) is 2.16. The number of anilines is 1. The fraction of sp³-hybridized carbons (Fsp3) is 0.267. The zero-order chi connectivity index (χ0) is 15.6. The number of rotatable bonds is 4. The van der Waals surface area contributed by atoms with Gasteiger partial charge in [0.1, 0.15) is 18.1 Å². The summed E-state index contributed by atoms with van der Waals surface area (Å²) >= 11 is 5.79. The molecule has 0 aliphatic rings. The molecule has 6 heteroatoms. The summed E-state index contributed by atoms with van der Waals surface area (Å²) in [5.74, 6) is -1.02. The zero-order valence-corrected chi connectivity index (χ0v) is 12.5. The van der Waals surface area contributed by atoms with E-state index in [1.54, 1.807) is 10.8 Å². The number of ether oxygens (including phenoxy) is 1. The topological polar surface area (TPSA) is 57.2 Å². The van der Waals surface area contributed by atoms with E-state index in [-0.39, 0.29) is 18.2 Å². The van der Waals surface area contributed by atoms with Crippen LogP contribution in [0.2, 0.25) is 5.02 Å². The first-order valence-electron chi connectivity index (χ1n) is 6.47. The number of hydrogen-bond acceptors (Lipinski definition) is 3. The molecule has 2 rings (SSSR count). The second-order valence-corrected chi connectivity index (χ2v) is 5.41. The van der Waals surface area contributed by atoms with Gasteiger partial charge in [0.05, 0.1) is 5.69 Å². The van der Waals surface area contributed by atoms with E-state index < -0.39 is 11.8 Å². The molecule has 0 aliphatic carbocycles. The predicted molar refractivity (Wildman–Crippen MR) is 79.8 cm³/mol. The Morgan fingerprint density at radius 1 is 1.43 bits per heavy atom. The number of esters is 1. The molecule has 21 heavy (non-hydrogen) atoms. The average molecular weight is 311 g/mol. The number of hydrogen-bond donors (Lipinski definition) is 1. The van der Waals surface area contributed by atoms with Crippen LogP contribution in [0.1, 0.15) is 35.9 Å². The molecule has 112 valence electrons. The summed E-state index contributed by atoms with van der Waals surface area (Å²) < 4.78 is 20.4. The monoisotopic (exact) mass is 310 g/mol. The first-order chi connectivity index (χ1) is 9.88. The van der Waals surface area contributed by atoms with Gasteiger partial charge in [-0.2, -0.15) is 0 Å². The highest BCUT2D eigenvalue weighted by Crippen LogP contribution is 2.19. The molecule has 1 aromatic carbocycles. The summed E-state index contributed by atoms with van der Waals surface area (Å²) in [7, 11) is 0. The van der Waals surface area contributed by atoms with Gasteiger partial charge in [-0.3, -0.25) is 0 Å². The van der Waals surface area contributed by atoms with Crippen molar-refractivity contribution in [2.75, 3.05) is 5.73 Å². The minimum absolute atomic E-state index is 0.0627. The lowest BCUT2D eigenvalue weighted by molar-refractivity contribution is 0.0454. The molecule has 1 heterocycles. The van der Waals surface area contributed by atoms with Crippen LogP contribution in [0, 0.1) is 5.82 Å². The van der Waals surface area contributed by atoms with Gasteiger partial charge < -0.3 is 15.0 Å². The zero-order valence-electron chi connectivity index (χ0n) is 11.8. The molecule has 4 nitrogen and oxygen atoms in total. The Morgan fingerprint density at radius 3 is 2.81 bits per heavy atom. The second kappa shape index (κ2) is 6.18. The number of halogens is 2. The third-order valence-corrected chi connectivity index (χ3v) is 3.24. The molecule has 1 aromatic heterocycles. The third-order valence-electron chi connectivity index (χ3n) is 3.00. The summed E-state index contributed by atoms with van der Waals surface area (Å²) in [6, 6.07) is 5.71. The molecule has 0 radical (unpaired) electrons. The number of nitrogens with two attached hydrogens (primary N) is 1. The van der Waals surface area contributed by atoms with Crippen molar-refractivity contribution < 1.29 is 13.9 Å². The van der Waals surface area contributed by atoms with Crippen LogP contribution in [-0.4, -0.2) is 10.5 Å². The number of nitrogens with zero attached hydrogens (tertiary/aromatic N) is 1. The summed E-state index contributed by atoms with van der Waals surface area (Å²) in [5.41, 5.74) is 6.74. The molecular formula is C15H16ClFN2O2. The first-order valence-corrected chi connectivity index (χ1v) is 6.84. The highest BCUT2D eigenvalue weighted by Gasteiger charge is 2.17. The van der Waals surface area contributed by atoms with Crippen molar-refractivity contribution in [3.8, 4) is 0 Å². The second-order valence-electron chi connectivity index (χ2n) is 4.97. The minimum Gasteiger partial charge on any atom is -0.456 e. The first kappa shape index (κ1) is 15.4. The lowest BCUT2D eigenvalue weighted by Crippen LogP contribution is -2.13. The molecule has 0 fully saturated rings. The Hall–Kier alpha value is -2.01. The predicted octanol–water partition coefficient (Wildman–Crippen LogP) is 3.80. The van der Waals surface area contributed by atoms with E-state index in [0.29, 0.717) is 16.4 Å². The molecule has 2 N–H and O–H groups in total. The van der Waals surface area contributed by atoms with E-state index in [9.17, 15) is 9.18 Å². The van der Waals surface area contributed by atoms with Crippen LogP contribution in [0.5, 0.6) is 0 Å². The van der Waals surface area contributed by atoms with E-state index in [4.69, 9.17) is 22.1 Å². The van der Waals surface area contributed by atoms with E-state index in [2.05, 4.69) is 0 Å². The quantitative estimate of drug-likeness (QED) is 0.874. The Kier molecular flexibility index (Phi) is 4.53. The molecule has 0 saturated carbocycles. The van der Waals surface area contributed by atoms with Gasteiger partial charge in [0.15, 0.2) is 0 Å². The Morgan fingerprint density at radius 2 is 2.14 bits per heavy atom. The van der Waals surface area contributed by atoms with E-state index in [1.807, 2.05) is 13.8 Å². The van der Waals surface area contributed by atoms with Crippen LogP contribution >= 0.6 is 11.6 Å². The molecule has 0 bridgehead atoms. The molecule has 0 unspecified atom stereocenters. The maximum Gasteiger partial charge on any atom is 0.355 e. The lowest BCUT2D eigenvalue weighted by atomic mass is 10.2. The van der Waals surface area contributed by atoms with Crippen molar-refractivity contribution in [3.63, 3.8) is 0 Å². The molecule has 0 amide bonds. The van der Waals surface area contributed by atoms with Gasteiger partial charge in [0.2, 0.25) is 0 Å². The largest absolute Gasteiger partial charge is 0.456 e. The van der Waals surface area contributed by atoms with Gasteiger partial charge in [0.25, 0.3) is 0 Å². The van der Waals surface area contributed by atoms with Crippen molar-refractivity contribution >= 4 is 23.3 Å². The summed E-state index contributed by atoms with van der Waals surface area (Å²) in [6.45, 7) is 3.66. The van der Waals surface area contributed by atoms with Crippen LogP contribution in [0.15, 0.2) is 30.5 Å². The van der Waals surface area contributed by atoms with Crippen LogP contribution in [-0.2, 0) is 11.3 Å². The van der Waals surface area contributed by atoms with Gasteiger partial charge in [-0.05, 0) is 38.1 Å². The van der Waals surface area contributed by atoms with Gasteiger partial charge in [0, 0.05) is 22.8 Å². The normalized spacial score (nSPS) is 10.9. The summed E-state index contributed by atoms with van der Waals surface area (Å²) in [4.78, 5) is 12.1. The molecule has 0 atom stereocenters. The average Bonchev–Trinajstić information content (AvgIpc) is 2.82. The van der Waals surface area contributed by atoms with Gasteiger partial charge >= 0.3 is 5.97 Å². The van der Waals surface area contributed by atoms with Crippen molar-refractivity contribution in [1.29, 1.82) is 0 Å². The minimum atomic E-state index is -0.556. The SMILES string of the molecule is CC(C)n1cc(N)cc1C(=O)OCc1cc(Cl)ccc1F. The molecule has 0 spiro atoms. The van der Waals surface area contributed by atoms with Crippen molar-refractivity contribution in [3.05, 3.63) is 52.6 Å². The van der Waals surface area contributed by atoms with Crippen LogP contribution in [0.3, 0.4) is 0 Å². The Balaban J connectivity index is 2.14. The van der Waals surface area contributed by atoms with Crippen LogP contribution in [0.4, 0.5) is 10.1 Å². The summed E-state index contributed by atoms with van der Waals surface area (Å²) in [6.07, 6.45) is 1.67. The highest BCUT2D eigenvalue weighted by atomic mass is 35.5. The van der Waals surface area contributed by atoms with E-state index in [1.165, 1.54) is 24.3 Å². The number of benzene rings is 1. The van der Waals surface area contributed by atoms with Crippen molar-refractivity contribution in [2.24, 2.45) is 0 Å². The maximum atomic E-state index is 13.6. The van der Waals surface area contributed by atoms with E-state index >= 15 is 0 Å². The molecule has 0 aliphatic heterocycles. The smallest absolute Gasteiger partial charge is 0.355 e. The maximum absolute atomic E-state index is 13.6. The number of nitrogen functional groups attached to an aromatic ring is 1. The summed E-state index contributed by atoms with van der Waals surface area (Å²) in [5, 5.41) is 0.386. The van der Waals surface area contributed by atoms with Gasteiger partial charge in [-0.1, -0.05) is 11.6 Å². The standard InChI is InChI=1S/C15H16ClFN2O2/c1-9(2)19-7-12(18)6-14(19)15(20)21-8-10-5-11(16)3-4-13(10)17/h3-7,9H,8,18H2,1-2H3. The third kappa shape index (κ3) is 3.55. The molecule has 2 aromatic rings. The van der Waals surface area contributed by atoms with Crippen molar-refractivity contribution in [2.45, 2.75) is 26.5 Å².